The minimum Gasteiger partial charge on any atom is -0.346 e. The zero-order chi connectivity index (χ0) is 20.1. The molecule has 5 nitrogen and oxygen atoms in total. The number of halogens is 3. The van der Waals surface area contributed by atoms with Gasteiger partial charge < -0.3 is 5.32 Å². The molecule has 1 aromatic heterocycles. The molecule has 0 aliphatic carbocycles. The van der Waals surface area contributed by atoms with E-state index in [2.05, 4.69) is 15.4 Å². The van der Waals surface area contributed by atoms with Gasteiger partial charge in [-0.05, 0) is 48.4 Å². The summed E-state index contributed by atoms with van der Waals surface area (Å²) in [5.41, 5.74) is 1.53. The van der Waals surface area contributed by atoms with Crippen LogP contribution in [0.25, 0.3) is 11.8 Å². The first kappa shape index (κ1) is 19.3. The lowest BCUT2D eigenvalue weighted by Crippen LogP contribution is -2.24. The SMILES string of the molecule is CC(NC(=O)/C=C/c1ccc(C(F)(F)F)cc1)c1ccc(-n2cncn2)cc1. The number of rotatable bonds is 5. The Morgan fingerprint density at radius 1 is 1.11 bits per heavy atom. The Kier molecular flexibility index (Phi) is 5.58. The molecule has 8 heteroatoms. The highest BCUT2D eigenvalue weighted by Crippen LogP contribution is 2.29. The van der Waals surface area contributed by atoms with Gasteiger partial charge in [-0.15, -0.1) is 0 Å². The number of hydrogen-bond donors (Lipinski definition) is 1. The van der Waals surface area contributed by atoms with Crippen molar-refractivity contribution in [3.63, 3.8) is 0 Å². The Morgan fingerprint density at radius 3 is 2.36 bits per heavy atom. The molecule has 0 spiro atoms. The van der Waals surface area contributed by atoms with Crippen LogP contribution in [0.3, 0.4) is 0 Å². The van der Waals surface area contributed by atoms with E-state index < -0.39 is 11.7 Å². The van der Waals surface area contributed by atoms with Crippen molar-refractivity contribution in [1.82, 2.24) is 20.1 Å². The van der Waals surface area contributed by atoms with E-state index in [1.54, 1.807) is 11.0 Å². The molecule has 3 aromatic rings. The van der Waals surface area contributed by atoms with Crippen LogP contribution in [-0.4, -0.2) is 20.7 Å². The molecule has 1 N–H and O–H groups in total. The van der Waals surface area contributed by atoms with Gasteiger partial charge in [-0.3, -0.25) is 4.79 Å². The van der Waals surface area contributed by atoms with Crippen molar-refractivity contribution < 1.29 is 18.0 Å². The smallest absolute Gasteiger partial charge is 0.346 e. The fourth-order valence-electron chi connectivity index (χ4n) is 2.56. The normalized spacial score (nSPS) is 12.9. The molecule has 0 saturated carbocycles. The quantitative estimate of drug-likeness (QED) is 0.670. The molecule has 0 aliphatic heterocycles. The maximum atomic E-state index is 12.6. The fraction of sp³-hybridized carbons (Fsp3) is 0.150. The molecule has 0 fully saturated rings. The highest BCUT2D eigenvalue weighted by atomic mass is 19.4. The lowest BCUT2D eigenvalue weighted by molar-refractivity contribution is -0.137. The Morgan fingerprint density at radius 2 is 1.79 bits per heavy atom. The summed E-state index contributed by atoms with van der Waals surface area (Å²) in [5.74, 6) is -0.340. The van der Waals surface area contributed by atoms with Crippen molar-refractivity contribution in [1.29, 1.82) is 0 Å². The average Bonchev–Trinajstić information content (AvgIpc) is 3.21. The zero-order valence-corrected chi connectivity index (χ0v) is 14.9. The summed E-state index contributed by atoms with van der Waals surface area (Å²) in [6, 6.07) is 11.8. The van der Waals surface area contributed by atoms with Crippen LogP contribution in [0.1, 0.15) is 29.7 Å². The summed E-state index contributed by atoms with van der Waals surface area (Å²) in [6.45, 7) is 1.84. The van der Waals surface area contributed by atoms with Gasteiger partial charge in [0.1, 0.15) is 12.7 Å². The molecular weight excluding hydrogens is 369 g/mol. The van der Waals surface area contributed by atoms with Crippen molar-refractivity contribution >= 4 is 12.0 Å². The molecule has 28 heavy (non-hydrogen) atoms. The molecule has 0 bridgehead atoms. The van der Waals surface area contributed by atoms with Crippen molar-refractivity contribution in [2.45, 2.75) is 19.1 Å². The molecule has 1 unspecified atom stereocenters. The second kappa shape index (κ2) is 8.08. The van der Waals surface area contributed by atoms with Gasteiger partial charge in [0.25, 0.3) is 0 Å². The average molecular weight is 386 g/mol. The zero-order valence-electron chi connectivity index (χ0n) is 14.9. The van der Waals surface area contributed by atoms with Gasteiger partial charge in [-0.1, -0.05) is 24.3 Å². The van der Waals surface area contributed by atoms with E-state index in [4.69, 9.17) is 0 Å². The number of alkyl halides is 3. The summed E-state index contributed by atoms with van der Waals surface area (Å²) in [4.78, 5) is 16.0. The summed E-state index contributed by atoms with van der Waals surface area (Å²) < 4.78 is 39.3. The number of amides is 1. The maximum absolute atomic E-state index is 12.6. The Hall–Kier alpha value is -3.42. The summed E-state index contributed by atoms with van der Waals surface area (Å²) >= 11 is 0. The molecule has 1 amide bonds. The number of carbonyl (C=O) groups is 1. The van der Waals surface area contributed by atoms with Crippen LogP contribution >= 0.6 is 0 Å². The molecule has 3 rings (SSSR count). The summed E-state index contributed by atoms with van der Waals surface area (Å²) in [5, 5.41) is 6.86. The van der Waals surface area contributed by atoms with E-state index >= 15 is 0 Å². The van der Waals surface area contributed by atoms with E-state index in [0.717, 1.165) is 23.4 Å². The molecule has 0 saturated heterocycles. The number of aromatic nitrogens is 3. The summed E-state index contributed by atoms with van der Waals surface area (Å²) in [6.07, 6.45) is 1.42. The van der Waals surface area contributed by atoms with Crippen LogP contribution in [0.2, 0.25) is 0 Å². The van der Waals surface area contributed by atoms with Crippen LogP contribution in [-0.2, 0) is 11.0 Å². The monoisotopic (exact) mass is 386 g/mol. The van der Waals surface area contributed by atoms with Gasteiger partial charge in [0.2, 0.25) is 5.91 Å². The topological polar surface area (TPSA) is 59.8 Å². The van der Waals surface area contributed by atoms with Gasteiger partial charge in [-0.25, -0.2) is 9.67 Å². The van der Waals surface area contributed by atoms with Gasteiger partial charge in [0, 0.05) is 6.08 Å². The number of benzene rings is 2. The third-order valence-corrected chi connectivity index (χ3v) is 4.10. The van der Waals surface area contributed by atoms with Crippen molar-refractivity contribution in [2.75, 3.05) is 0 Å². The minimum atomic E-state index is -4.38. The number of carbonyl (C=O) groups excluding carboxylic acids is 1. The van der Waals surface area contributed by atoms with Crippen molar-refractivity contribution in [3.8, 4) is 5.69 Å². The van der Waals surface area contributed by atoms with Crippen molar-refractivity contribution in [3.05, 3.63) is 84.0 Å². The predicted molar refractivity (Wildman–Crippen MR) is 98.4 cm³/mol. The minimum absolute atomic E-state index is 0.241. The molecule has 0 aliphatic rings. The van der Waals surface area contributed by atoms with Crippen LogP contribution in [0.15, 0.2) is 67.3 Å². The fourth-order valence-corrected chi connectivity index (χ4v) is 2.56. The predicted octanol–water partition coefficient (Wildman–Crippen LogP) is 4.18. The van der Waals surface area contributed by atoms with E-state index in [1.807, 2.05) is 31.2 Å². The van der Waals surface area contributed by atoms with Crippen LogP contribution < -0.4 is 5.32 Å². The molecular formula is C20H17F3N4O. The highest BCUT2D eigenvalue weighted by Gasteiger charge is 2.29. The van der Waals surface area contributed by atoms with E-state index in [1.165, 1.54) is 30.6 Å². The first-order valence-electron chi connectivity index (χ1n) is 8.44. The lowest BCUT2D eigenvalue weighted by atomic mass is 10.1. The molecule has 0 radical (unpaired) electrons. The first-order chi connectivity index (χ1) is 13.3. The van der Waals surface area contributed by atoms with E-state index in [0.29, 0.717) is 5.56 Å². The number of hydrogen-bond acceptors (Lipinski definition) is 3. The van der Waals surface area contributed by atoms with Crippen LogP contribution in [0.4, 0.5) is 13.2 Å². The Labute approximate surface area is 159 Å². The van der Waals surface area contributed by atoms with Crippen LogP contribution in [0, 0.1) is 0 Å². The maximum Gasteiger partial charge on any atom is 0.416 e. The highest BCUT2D eigenvalue weighted by molar-refractivity contribution is 5.91. The Balaban J connectivity index is 1.58. The molecule has 1 atom stereocenters. The first-order valence-corrected chi connectivity index (χ1v) is 8.44. The summed E-state index contributed by atoms with van der Waals surface area (Å²) in [7, 11) is 0. The third-order valence-electron chi connectivity index (χ3n) is 4.10. The second-order valence-corrected chi connectivity index (χ2v) is 6.11. The van der Waals surface area contributed by atoms with Gasteiger partial charge >= 0.3 is 6.18 Å². The van der Waals surface area contributed by atoms with Gasteiger partial charge in [0.15, 0.2) is 0 Å². The van der Waals surface area contributed by atoms with Crippen LogP contribution in [0.5, 0.6) is 0 Å². The van der Waals surface area contributed by atoms with Gasteiger partial charge in [-0.2, -0.15) is 18.3 Å². The van der Waals surface area contributed by atoms with Gasteiger partial charge in [0.05, 0.1) is 17.3 Å². The molecule has 1 heterocycles. The number of nitrogens with zero attached hydrogens (tertiary/aromatic N) is 3. The van der Waals surface area contributed by atoms with E-state index in [9.17, 15) is 18.0 Å². The molecule has 2 aromatic carbocycles. The lowest BCUT2D eigenvalue weighted by Gasteiger charge is -2.13. The van der Waals surface area contributed by atoms with E-state index in [-0.39, 0.29) is 11.9 Å². The van der Waals surface area contributed by atoms with Crippen molar-refractivity contribution in [2.24, 2.45) is 0 Å². The second-order valence-electron chi connectivity index (χ2n) is 6.11. The standard InChI is InChI=1S/C20H17F3N4O/c1-14(16-5-9-18(10-6-16)27-13-24-12-25-27)26-19(28)11-4-15-2-7-17(8-3-15)20(21,22)23/h2-14H,1H3,(H,26,28)/b11-4+. The molecule has 144 valence electrons. The third kappa shape index (κ3) is 4.85. The Bertz CT molecular complexity index is 947. The largest absolute Gasteiger partial charge is 0.416 e. The number of nitrogens with one attached hydrogen (secondary N) is 1.